The molecule has 3 aliphatic rings. The maximum absolute atomic E-state index is 12.4. The van der Waals surface area contributed by atoms with Crippen LogP contribution in [0.5, 0.6) is 11.8 Å². The van der Waals surface area contributed by atoms with Crippen LogP contribution in [0.4, 0.5) is 0 Å². The van der Waals surface area contributed by atoms with Crippen LogP contribution >= 0.6 is 0 Å². The largest absolute Gasteiger partial charge is 0.494 e. The number of aromatic hydroxyl groups is 2. The van der Waals surface area contributed by atoms with Crippen molar-refractivity contribution in [2.75, 3.05) is 39.8 Å². The summed E-state index contributed by atoms with van der Waals surface area (Å²) in [5.41, 5.74) is 1.71. The molecule has 166 valence electrons. The molecule has 0 saturated carbocycles. The molecule has 1 aromatic heterocycles. The van der Waals surface area contributed by atoms with Crippen LogP contribution in [0.2, 0.25) is 0 Å². The summed E-state index contributed by atoms with van der Waals surface area (Å²) >= 11 is 0. The van der Waals surface area contributed by atoms with E-state index in [4.69, 9.17) is 4.74 Å². The fourth-order valence-corrected chi connectivity index (χ4v) is 5.08. The van der Waals surface area contributed by atoms with Crippen LogP contribution in [0.1, 0.15) is 62.0 Å². The number of hydrogen-bond acceptors (Lipinski definition) is 6. The van der Waals surface area contributed by atoms with Gasteiger partial charge < -0.3 is 19.8 Å². The lowest BCUT2D eigenvalue weighted by Gasteiger charge is -2.34. The summed E-state index contributed by atoms with van der Waals surface area (Å²) in [6.45, 7) is 6.82. The minimum Gasteiger partial charge on any atom is -0.494 e. The molecule has 7 heteroatoms. The highest BCUT2D eigenvalue weighted by molar-refractivity contribution is 5.69. The second-order valence-electron chi connectivity index (χ2n) is 9.09. The molecule has 2 aliphatic carbocycles. The Morgan fingerprint density at radius 1 is 1.07 bits per heavy atom. The lowest BCUT2D eigenvalue weighted by atomic mass is 10.0. The molecule has 1 aromatic rings. The molecule has 0 aromatic carbocycles. The minimum atomic E-state index is -0.405. The lowest BCUT2D eigenvalue weighted by Crippen LogP contribution is -2.48. The Kier molecular flexibility index (Phi) is 6.39. The first-order valence-electron chi connectivity index (χ1n) is 11.4. The van der Waals surface area contributed by atoms with Crippen molar-refractivity contribution in [1.82, 2.24) is 14.4 Å². The van der Waals surface area contributed by atoms with Crippen LogP contribution in [0.15, 0.2) is 12.2 Å². The summed E-state index contributed by atoms with van der Waals surface area (Å²) in [4.78, 5) is 17.0. The van der Waals surface area contributed by atoms with E-state index in [1.807, 2.05) is 0 Å². The van der Waals surface area contributed by atoms with Crippen LogP contribution in [-0.4, -0.2) is 76.4 Å². The predicted octanol–water partition coefficient (Wildman–Crippen LogP) is 2.78. The zero-order chi connectivity index (χ0) is 21.3. The normalized spacial score (nSPS) is 24.3. The maximum atomic E-state index is 12.4. The highest BCUT2D eigenvalue weighted by Crippen LogP contribution is 2.56. The molecule has 0 spiro atoms. The summed E-state index contributed by atoms with van der Waals surface area (Å²) in [7, 11) is 2.11. The first kappa shape index (κ1) is 21.2. The van der Waals surface area contributed by atoms with E-state index in [0.29, 0.717) is 13.0 Å². The van der Waals surface area contributed by atoms with E-state index in [2.05, 4.69) is 35.9 Å². The molecular formula is C23H35N3O4. The minimum absolute atomic E-state index is 0.129. The number of rotatable bonds is 9. The van der Waals surface area contributed by atoms with Gasteiger partial charge in [-0.1, -0.05) is 31.9 Å². The number of carbonyl (C=O) groups excluding carboxylic acids is 1. The van der Waals surface area contributed by atoms with Crippen LogP contribution in [0.25, 0.3) is 0 Å². The van der Waals surface area contributed by atoms with Crippen molar-refractivity contribution < 1.29 is 19.7 Å². The van der Waals surface area contributed by atoms with E-state index in [0.717, 1.165) is 63.0 Å². The number of nitrogens with zero attached hydrogens (tertiary/aromatic N) is 3. The molecule has 7 nitrogen and oxygen atoms in total. The third kappa shape index (κ3) is 4.23. The van der Waals surface area contributed by atoms with Gasteiger partial charge in [-0.25, -0.2) is 0 Å². The number of esters is 1. The molecule has 4 rings (SSSR count). The number of carbonyl (C=O) groups is 1. The molecule has 0 amide bonds. The lowest BCUT2D eigenvalue weighted by molar-refractivity contribution is -0.151. The van der Waals surface area contributed by atoms with Gasteiger partial charge in [-0.3, -0.25) is 14.3 Å². The predicted molar refractivity (Wildman–Crippen MR) is 115 cm³/mol. The Bertz CT molecular complexity index is 759. The van der Waals surface area contributed by atoms with Crippen molar-refractivity contribution in [3.63, 3.8) is 0 Å². The SMILES string of the molecule is CCCCCC(=O)OC(CN1CCN(C)CC1)Cn1c(O)c2c(c1O)[C@H]1C=CC2C1. The molecule has 2 N–H and O–H groups in total. The van der Waals surface area contributed by atoms with Gasteiger partial charge in [-0.2, -0.15) is 0 Å². The quantitative estimate of drug-likeness (QED) is 0.365. The smallest absolute Gasteiger partial charge is 0.306 e. The molecule has 2 heterocycles. The molecule has 1 aliphatic heterocycles. The summed E-state index contributed by atoms with van der Waals surface area (Å²) in [6.07, 6.45) is 8.09. The van der Waals surface area contributed by atoms with Gasteiger partial charge in [0.25, 0.3) is 0 Å². The van der Waals surface area contributed by atoms with E-state index in [9.17, 15) is 15.0 Å². The van der Waals surface area contributed by atoms with Crippen LogP contribution < -0.4 is 0 Å². The Morgan fingerprint density at radius 3 is 2.30 bits per heavy atom. The zero-order valence-electron chi connectivity index (χ0n) is 18.2. The molecule has 0 radical (unpaired) electrons. The third-order valence-corrected chi connectivity index (χ3v) is 6.83. The summed E-state index contributed by atoms with van der Waals surface area (Å²) < 4.78 is 7.41. The Hall–Kier alpha value is -1.99. The number of hydrogen-bond donors (Lipinski definition) is 2. The van der Waals surface area contributed by atoms with E-state index >= 15 is 0 Å². The first-order chi connectivity index (χ1) is 14.5. The van der Waals surface area contributed by atoms with E-state index in [1.165, 1.54) is 0 Å². The van der Waals surface area contributed by atoms with Gasteiger partial charge in [0.15, 0.2) is 11.8 Å². The van der Waals surface area contributed by atoms with Gasteiger partial charge in [0.05, 0.1) is 6.54 Å². The number of ether oxygens (including phenoxy) is 1. The molecule has 2 bridgehead atoms. The monoisotopic (exact) mass is 417 g/mol. The van der Waals surface area contributed by atoms with Crippen molar-refractivity contribution in [3.8, 4) is 11.8 Å². The van der Waals surface area contributed by atoms with Crippen molar-refractivity contribution in [2.45, 2.75) is 63.5 Å². The topological polar surface area (TPSA) is 78.2 Å². The van der Waals surface area contributed by atoms with E-state index in [-0.39, 0.29) is 36.1 Å². The second-order valence-corrected chi connectivity index (χ2v) is 9.09. The molecular weight excluding hydrogens is 382 g/mol. The van der Waals surface area contributed by atoms with Crippen molar-refractivity contribution in [1.29, 1.82) is 0 Å². The number of allylic oxidation sites excluding steroid dienone is 2. The van der Waals surface area contributed by atoms with Crippen molar-refractivity contribution in [2.24, 2.45) is 0 Å². The van der Waals surface area contributed by atoms with Gasteiger partial charge in [0.2, 0.25) is 0 Å². The summed E-state index contributed by atoms with van der Waals surface area (Å²) in [5.74, 6) is 0.437. The van der Waals surface area contributed by atoms with Gasteiger partial charge in [-0.15, -0.1) is 0 Å². The Morgan fingerprint density at radius 2 is 1.70 bits per heavy atom. The molecule has 2 unspecified atom stereocenters. The fourth-order valence-electron chi connectivity index (χ4n) is 5.08. The van der Waals surface area contributed by atoms with Crippen LogP contribution in [0, 0.1) is 0 Å². The molecule has 30 heavy (non-hydrogen) atoms. The number of aromatic nitrogens is 1. The van der Waals surface area contributed by atoms with Gasteiger partial charge in [0.1, 0.15) is 6.10 Å². The van der Waals surface area contributed by atoms with Gasteiger partial charge >= 0.3 is 5.97 Å². The Balaban J connectivity index is 1.48. The zero-order valence-corrected chi connectivity index (χ0v) is 18.2. The first-order valence-corrected chi connectivity index (χ1v) is 11.4. The average Bonchev–Trinajstić information content (AvgIpc) is 3.40. The standard InChI is InChI=1S/C23H35N3O4/c1-3-4-5-6-19(27)30-18(14-25-11-9-24(2)10-12-25)15-26-22(28)20-16-7-8-17(13-16)21(20)23(26)29/h7-8,16-18,28-29H,3-6,9-15H2,1-2H3/t16-,17?,18?/m0/s1. The van der Waals surface area contributed by atoms with E-state index < -0.39 is 6.10 Å². The number of piperazine rings is 1. The highest BCUT2D eigenvalue weighted by Gasteiger charge is 2.41. The van der Waals surface area contributed by atoms with Crippen LogP contribution in [-0.2, 0) is 16.1 Å². The van der Waals surface area contributed by atoms with Gasteiger partial charge in [-0.05, 0) is 19.9 Å². The molecule has 3 atom stereocenters. The average molecular weight is 418 g/mol. The third-order valence-electron chi connectivity index (χ3n) is 6.83. The Labute approximate surface area is 178 Å². The number of fused-ring (bicyclic) bond motifs is 5. The molecule has 1 fully saturated rings. The van der Waals surface area contributed by atoms with Crippen LogP contribution in [0.3, 0.4) is 0 Å². The molecule has 1 saturated heterocycles. The second kappa shape index (κ2) is 9.02. The maximum Gasteiger partial charge on any atom is 0.306 e. The van der Waals surface area contributed by atoms with Crippen molar-refractivity contribution in [3.05, 3.63) is 23.3 Å². The van der Waals surface area contributed by atoms with Crippen molar-refractivity contribution >= 4 is 5.97 Å². The highest BCUT2D eigenvalue weighted by atomic mass is 16.5. The summed E-state index contributed by atoms with van der Waals surface area (Å²) in [6, 6.07) is 0. The fraction of sp³-hybridized carbons (Fsp3) is 0.696. The number of likely N-dealkylation sites (N-methyl/N-ethyl adjacent to an activating group) is 1. The van der Waals surface area contributed by atoms with E-state index in [1.54, 1.807) is 4.57 Å². The summed E-state index contributed by atoms with van der Waals surface area (Å²) in [5, 5.41) is 21.7. The number of unbranched alkanes of at least 4 members (excludes halogenated alkanes) is 2. The van der Waals surface area contributed by atoms with Gasteiger partial charge in [0, 0.05) is 62.1 Å².